The summed E-state index contributed by atoms with van der Waals surface area (Å²) < 4.78 is 31.8. The lowest BCUT2D eigenvalue weighted by Gasteiger charge is -2.05. The first kappa shape index (κ1) is 11.6. The molecular formula is C10H7F2N3OS. The summed E-state index contributed by atoms with van der Waals surface area (Å²) in [7, 11) is 1.36. The van der Waals surface area contributed by atoms with Gasteiger partial charge in [0.05, 0.1) is 12.7 Å². The van der Waals surface area contributed by atoms with Gasteiger partial charge in [0.25, 0.3) is 6.01 Å². The minimum atomic E-state index is -0.739. The fourth-order valence-corrected chi connectivity index (χ4v) is 1.48. The molecule has 0 saturated heterocycles. The number of nitrogens with zero attached hydrogens (tertiary/aromatic N) is 2. The van der Waals surface area contributed by atoms with Crippen LogP contribution >= 0.6 is 12.2 Å². The van der Waals surface area contributed by atoms with E-state index in [9.17, 15) is 8.78 Å². The highest BCUT2D eigenvalue weighted by Crippen LogP contribution is 2.23. The van der Waals surface area contributed by atoms with Gasteiger partial charge in [-0.1, -0.05) is 6.07 Å². The summed E-state index contributed by atoms with van der Waals surface area (Å²) in [6, 6.07) is 3.57. The van der Waals surface area contributed by atoms with Crippen LogP contribution in [0.5, 0.6) is 6.01 Å². The molecule has 0 unspecified atom stereocenters. The molecule has 0 bridgehead atoms. The number of ether oxygens (including phenoxy) is 1. The molecular weight excluding hydrogens is 248 g/mol. The first-order valence-electron chi connectivity index (χ1n) is 4.58. The van der Waals surface area contributed by atoms with Crippen LogP contribution in [0.25, 0.3) is 11.4 Å². The third kappa shape index (κ3) is 2.28. The zero-order chi connectivity index (χ0) is 12.4. The predicted molar refractivity (Wildman–Crippen MR) is 59.1 cm³/mol. The van der Waals surface area contributed by atoms with E-state index in [2.05, 4.69) is 15.0 Å². The monoisotopic (exact) mass is 255 g/mol. The number of aromatic nitrogens is 3. The summed E-state index contributed by atoms with van der Waals surface area (Å²) in [6.45, 7) is 0. The number of methoxy groups -OCH3 is 1. The van der Waals surface area contributed by atoms with Gasteiger partial charge in [0.15, 0.2) is 5.82 Å². The van der Waals surface area contributed by atoms with Crippen molar-refractivity contribution in [3.8, 4) is 17.4 Å². The molecule has 0 atom stereocenters. The van der Waals surface area contributed by atoms with Crippen LogP contribution in [0.2, 0.25) is 0 Å². The Labute approximate surface area is 100 Å². The lowest BCUT2D eigenvalue weighted by atomic mass is 10.2. The molecule has 0 aliphatic heterocycles. The highest BCUT2D eigenvalue weighted by molar-refractivity contribution is 7.71. The zero-order valence-electron chi connectivity index (χ0n) is 8.70. The zero-order valence-corrected chi connectivity index (χ0v) is 9.52. The molecule has 1 N–H and O–H groups in total. The summed E-state index contributed by atoms with van der Waals surface area (Å²) in [5.74, 6) is -1.54. The van der Waals surface area contributed by atoms with Crippen LogP contribution in [0.1, 0.15) is 0 Å². The van der Waals surface area contributed by atoms with Crippen molar-refractivity contribution in [3.63, 3.8) is 0 Å². The predicted octanol–water partition coefficient (Wildman–Crippen LogP) is 2.49. The molecule has 1 aromatic heterocycles. The Morgan fingerprint density at radius 3 is 2.47 bits per heavy atom. The second kappa shape index (κ2) is 4.54. The summed E-state index contributed by atoms with van der Waals surface area (Å²) in [5.41, 5.74) is -0.292. The van der Waals surface area contributed by atoms with E-state index in [0.717, 1.165) is 12.1 Å². The fourth-order valence-electron chi connectivity index (χ4n) is 1.30. The first-order chi connectivity index (χ1) is 8.11. The van der Waals surface area contributed by atoms with Gasteiger partial charge in [0.2, 0.25) is 4.77 Å². The van der Waals surface area contributed by atoms with Gasteiger partial charge in [-0.2, -0.15) is 9.97 Å². The molecule has 17 heavy (non-hydrogen) atoms. The SMILES string of the molecule is COc1nc(=S)nc(-c2c(F)cccc2F)[nH]1. The number of nitrogens with one attached hydrogen (secondary N) is 1. The van der Waals surface area contributed by atoms with Crippen LogP contribution in [-0.2, 0) is 0 Å². The highest BCUT2D eigenvalue weighted by atomic mass is 32.1. The third-order valence-electron chi connectivity index (χ3n) is 2.02. The van der Waals surface area contributed by atoms with Crippen LogP contribution in [0.3, 0.4) is 0 Å². The molecule has 0 saturated carbocycles. The minimum Gasteiger partial charge on any atom is -0.468 e. The molecule has 2 aromatic rings. The number of benzene rings is 1. The average Bonchev–Trinajstić information content (AvgIpc) is 2.28. The molecule has 0 amide bonds. The highest BCUT2D eigenvalue weighted by Gasteiger charge is 2.14. The van der Waals surface area contributed by atoms with Crippen molar-refractivity contribution in [2.45, 2.75) is 0 Å². The number of rotatable bonds is 2. The summed E-state index contributed by atoms with van der Waals surface area (Å²) in [4.78, 5) is 10.0. The number of halogens is 2. The number of H-pyrrole nitrogens is 1. The quantitative estimate of drug-likeness (QED) is 0.838. The normalized spacial score (nSPS) is 10.3. The van der Waals surface area contributed by atoms with Crippen molar-refractivity contribution in [2.75, 3.05) is 7.11 Å². The van der Waals surface area contributed by atoms with Crippen molar-refractivity contribution in [1.29, 1.82) is 0 Å². The number of hydrogen-bond acceptors (Lipinski definition) is 4. The lowest BCUT2D eigenvalue weighted by Crippen LogP contribution is -2.00. The van der Waals surface area contributed by atoms with Gasteiger partial charge in [-0.25, -0.2) is 8.78 Å². The maximum atomic E-state index is 13.5. The van der Waals surface area contributed by atoms with Gasteiger partial charge < -0.3 is 4.74 Å². The maximum absolute atomic E-state index is 13.5. The smallest absolute Gasteiger partial charge is 0.297 e. The molecule has 1 heterocycles. The van der Waals surface area contributed by atoms with Gasteiger partial charge in [0, 0.05) is 0 Å². The summed E-state index contributed by atoms with van der Waals surface area (Å²) in [5, 5.41) is 0. The van der Waals surface area contributed by atoms with E-state index in [1.54, 1.807) is 0 Å². The van der Waals surface area contributed by atoms with Crippen molar-refractivity contribution in [2.24, 2.45) is 0 Å². The van der Waals surface area contributed by atoms with Crippen LogP contribution < -0.4 is 4.74 Å². The Kier molecular flexibility index (Phi) is 3.10. The summed E-state index contributed by atoms with van der Waals surface area (Å²) in [6.07, 6.45) is 0. The van der Waals surface area contributed by atoms with E-state index in [1.807, 2.05) is 0 Å². The topological polar surface area (TPSA) is 50.8 Å². The average molecular weight is 255 g/mol. The van der Waals surface area contributed by atoms with Crippen molar-refractivity contribution in [3.05, 3.63) is 34.6 Å². The Balaban J connectivity index is 2.68. The molecule has 0 aliphatic rings. The molecule has 2 rings (SSSR count). The number of hydrogen-bond donors (Lipinski definition) is 1. The third-order valence-corrected chi connectivity index (χ3v) is 2.21. The van der Waals surface area contributed by atoms with Gasteiger partial charge in [-0.15, -0.1) is 0 Å². The van der Waals surface area contributed by atoms with Crippen LogP contribution in [0, 0.1) is 16.4 Å². The molecule has 7 heteroatoms. The molecule has 0 fully saturated rings. The molecule has 4 nitrogen and oxygen atoms in total. The van der Waals surface area contributed by atoms with Gasteiger partial charge >= 0.3 is 0 Å². The van der Waals surface area contributed by atoms with Gasteiger partial charge in [-0.05, 0) is 24.4 Å². The Hall–Kier alpha value is -1.89. The minimum absolute atomic E-state index is 0.0441. The van der Waals surface area contributed by atoms with Crippen molar-refractivity contribution < 1.29 is 13.5 Å². The van der Waals surface area contributed by atoms with E-state index in [1.165, 1.54) is 13.2 Å². The van der Waals surface area contributed by atoms with Crippen molar-refractivity contribution >= 4 is 12.2 Å². The second-order valence-electron chi connectivity index (χ2n) is 3.09. The Bertz CT molecular complexity index is 594. The molecule has 1 aromatic carbocycles. The van der Waals surface area contributed by atoms with Crippen molar-refractivity contribution in [1.82, 2.24) is 15.0 Å². The Morgan fingerprint density at radius 2 is 1.88 bits per heavy atom. The first-order valence-corrected chi connectivity index (χ1v) is 4.99. The largest absolute Gasteiger partial charge is 0.468 e. The lowest BCUT2D eigenvalue weighted by molar-refractivity contribution is 0.377. The molecule has 0 radical (unpaired) electrons. The standard InChI is InChI=1S/C10H7F2N3OS/c1-16-9-13-8(14-10(17)15-9)7-5(11)3-2-4-6(7)12/h2-4H,1H3,(H,13,14,15,17). The molecule has 0 spiro atoms. The summed E-state index contributed by atoms with van der Waals surface area (Å²) >= 11 is 4.77. The van der Waals surface area contributed by atoms with Gasteiger partial charge in [0.1, 0.15) is 11.6 Å². The Morgan fingerprint density at radius 1 is 1.24 bits per heavy atom. The number of aromatic amines is 1. The van der Waals surface area contributed by atoms with E-state index in [4.69, 9.17) is 17.0 Å². The molecule has 0 aliphatic carbocycles. The van der Waals surface area contributed by atoms with E-state index >= 15 is 0 Å². The van der Waals surface area contributed by atoms with E-state index in [-0.39, 0.29) is 22.2 Å². The maximum Gasteiger partial charge on any atom is 0.297 e. The molecule has 88 valence electrons. The fraction of sp³-hybridized carbons (Fsp3) is 0.100. The van der Waals surface area contributed by atoms with Crippen LogP contribution in [0.4, 0.5) is 8.78 Å². The van der Waals surface area contributed by atoms with Crippen LogP contribution in [-0.4, -0.2) is 22.1 Å². The van der Waals surface area contributed by atoms with Gasteiger partial charge in [-0.3, -0.25) is 4.98 Å². The van der Waals surface area contributed by atoms with E-state index in [0.29, 0.717) is 0 Å². The second-order valence-corrected chi connectivity index (χ2v) is 3.45. The van der Waals surface area contributed by atoms with Crippen LogP contribution in [0.15, 0.2) is 18.2 Å². The van der Waals surface area contributed by atoms with E-state index < -0.39 is 11.6 Å².